The zero-order chi connectivity index (χ0) is 16.6. The minimum atomic E-state index is -0.617. The highest BCUT2D eigenvalue weighted by molar-refractivity contribution is 5.71. The fourth-order valence-electron chi connectivity index (χ4n) is 4.19. The van der Waals surface area contributed by atoms with Crippen molar-refractivity contribution in [3.8, 4) is 11.3 Å². The van der Waals surface area contributed by atoms with Gasteiger partial charge in [-0.05, 0) is 50.3 Å². The van der Waals surface area contributed by atoms with Gasteiger partial charge >= 0.3 is 5.97 Å². The third kappa shape index (κ3) is 2.96. The monoisotopic (exact) mass is 325 g/mol. The highest BCUT2D eigenvalue weighted by Crippen LogP contribution is 2.52. The third-order valence-corrected chi connectivity index (χ3v) is 5.72. The van der Waals surface area contributed by atoms with Crippen LogP contribution in [0.1, 0.15) is 31.4 Å². The van der Waals surface area contributed by atoms with Crippen LogP contribution in [-0.2, 0) is 11.3 Å². The average Bonchev–Trinajstić information content (AvgIpc) is 3.03. The molecule has 2 fully saturated rings. The summed E-state index contributed by atoms with van der Waals surface area (Å²) in [5.41, 5.74) is 3.57. The molecule has 5 heteroatoms. The normalized spacial score (nSPS) is 20.8. The summed E-state index contributed by atoms with van der Waals surface area (Å²) in [6.45, 7) is 2.98. The van der Waals surface area contributed by atoms with Crippen LogP contribution in [0, 0.1) is 11.3 Å². The van der Waals surface area contributed by atoms with Crippen LogP contribution in [-0.4, -0.2) is 39.3 Å². The van der Waals surface area contributed by atoms with Crippen molar-refractivity contribution in [2.75, 3.05) is 13.1 Å². The number of aromatic amines is 1. The lowest BCUT2D eigenvalue weighted by Gasteiger charge is -2.50. The molecule has 0 amide bonds. The number of carboxylic acids is 1. The minimum absolute atomic E-state index is 0.0995. The van der Waals surface area contributed by atoms with Crippen molar-refractivity contribution in [1.29, 1.82) is 0 Å². The molecule has 4 rings (SSSR count). The van der Waals surface area contributed by atoms with E-state index in [1.807, 2.05) is 18.2 Å². The fourth-order valence-corrected chi connectivity index (χ4v) is 4.19. The van der Waals surface area contributed by atoms with Crippen molar-refractivity contribution in [2.24, 2.45) is 11.3 Å². The number of rotatable bonds is 4. The largest absolute Gasteiger partial charge is 0.481 e. The van der Waals surface area contributed by atoms with Gasteiger partial charge in [0.25, 0.3) is 0 Å². The number of piperidine rings is 1. The first-order valence-corrected chi connectivity index (χ1v) is 8.68. The maximum absolute atomic E-state index is 11.0. The second-order valence-electron chi connectivity index (χ2n) is 7.36. The van der Waals surface area contributed by atoms with Crippen molar-refractivity contribution in [2.45, 2.75) is 32.2 Å². The van der Waals surface area contributed by atoms with E-state index in [0.717, 1.165) is 62.3 Å². The van der Waals surface area contributed by atoms with Crippen molar-refractivity contribution >= 4 is 5.97 Å². The quantitative estimate of drug-likeness (QED) is 0.906. The van der Waals surface area contributed by atoms with Gasteiger partial charge in [-0.15, -0.1) is 0 Å². The van der Waals surface area contributed by atoms with E-state index in [-0.39, 0.29) is 5.92 Å². The first-order chi connectivity index (χ1) is 11.6. The van der Waals surface area contributed by atoms with Crippen LogP contribution in [0.2, 0.25) is 0 Å². The molecule has 1 spiro atoms. The molecule has 2 heterocycles. The van der Waals surface area contributed by atoms with Crippen LogP contribution in [0.25, 0.3) is 11.3 Å². The molecule has 1 saturated heterocycles. The molecule has 2 aromatic rings. The zero-order valence-electron chi connectivity index (χ0n) is 13.7. The summed E-state index contributed by atoms with van der Waals surface area (Å²) in [7, 11) is 0. The Morgan fingerprint density at radius 2 is 1.96 bits per heavy atom. The minimum Gasteiger partial charge on any atom is -0.481 e. The van der Waals surface area contributed by atoms with Crippen molar-refractivity contribution in [1.82, 2.24) is 15.1 Å². The molecule has 24 heavy (non-hydrogen) atoms. The maximum Gasteiger partial charge on any atom is 0.306 e. The van der Waals surface area contributed by atoms with E-state index < -0.39 is 5.97 Å². The summed E-state index contributed by atoms with van der Waals surface area (Å²) in [6, 6.07) is 12.3. The molecular weight excluding hydrogens is 302 g/mol. The molecule has 2 aliphatic rings. The highest BCUT2D eigenvalue weighted by Gasteiger charge is 2.48. The second-order valence-corrected chi connectivity index (χ2v) is 7.36. The van der Waals surface area contributed by atoms with Crippen LogP contribution in [0.4, 0.5) is 0 Å². The van der Waals surface area contributed by atoms with Gasteiger partial charge in [0, 0.05) is 17.8 Å². The molecule has 2 N–H and O–H groups in total. The van der Waals surface area contributed by atoms with Gasteiger partial charge in [-0.25, -0.2) is 0 Å². The Morgan fingerprint density at radius 3 is 2.62 bits per heavy atom. The van der Waals surface area contributed by atoms with Crippen molar-refractivity contribution in [3.63, 3.8) is 0 Å². The number of nitrogens with one attached hydrogen (secondary N) is 1. The van der Waals surface area contributed by atoms with E-state index in [4.69, 9.17) is 5.11 Å². The van der Waals surface area contributed by atoms with Crippen LogP contribution < -0.4 is 0 Å². The Labute approximate surface area is 141 Å². The van der Waals surface area contributed by atoms with Gasteiger partial charge in [0.15, 0.2) is 0 Å². The van der Waals surface area contributed by atoms with Crippen molar-refractivity contribution in [3.05, 3.63) is 42.1 Å². The van der Waals surface area contributed by atoms with Gasteiger partial charge in [0.1, 0.15) is 0 Å². The van der Waals surface area contributed by atoms with Gasteiger partial charge in [0.05, 0.1) is 11.6 Å². The number of aromatic nitrogens is 2. The Morgan fingerprint density at radius 1 is 1.25 bits per heavy atom. The molecule has 1 aliphatic carbocycles. The van der Waals surface area contributed by atoms with E-state index in [2.05, 4.69) is 33.3 Å². The number of benzene rings is 1. The first kappa shape index (κ1) is 15.4. The fraction of sp³-hybridized carbons (Fsp3) is 0.474. The summed E-state index contributed by atoms with van der Waals surface area (Å²) in [5.74, 6) is -0.716. The number of carboxylic acid groups (broad SMARTS) is 1. The van der Waals surface area contributed by atoms with Crippen LogP contribution in [0.3, 0.4) is 0 Å². The molecule has 0 unspecified atom stereocenters. The van der Waals surface area contributed by atoms with E-state index in [9.17, 15) is 4.79 Å². The lowest BCUT2D eigenvalue weighted by Crippen LogP contribution is -2.48. The number of hydrogen-bond acceptors (Lipinski definition) is 3. The number of hydrogen-bond donors (Lipinski definition) is 2. The average molecular weight is 325 g/mol. The van der Waals surface area contributed by atoms with E-state index >= 15 is 0 Å². The molecule has 126 valence electrons. The van der Waals surface area contributed by atoms with Gasteiger partial charge in [-0.2, -0.15) is 5.10 Å². The van der Waals surface area contributed by atoms with Crippen LogP contribution in [0.5, 0.6) is 0 Å². The summed E-state index contributed by atoms with van der Waals surface area (Å²) in [5, 5.41) is 16.6. The number of carbonyl (C=O) groups is 1. The molecule has 1 aromatic heterocycles. The molecule has 0 radical (unpaired) electrons. The molecular formula is C19H23N3O2. The van der Waals surface area contributed by atoms with Crippen molar-refractivity contribution < 1.29 is 9.90 Å². The van der Waals surface area contributed by atoms with E-state index in [0.29, 0.717) is 5.41 Å². The topological polar surface area (TPSA) is 69.2 Å². The van der Waals surface area contributed by atoms with Gasteiger partial charge in [0.2, 0.25) is 0 Å². The lowest BCUT2D eigenvalue weighted by atomic mass is 9.57. The summed E-state index contributed by atoms with van der Waals surface area (Å²) >= 11 is 0. The predicted octanol–water partition coefficient (Wildman–Crippen LogP) is 3.15. The highest BCUT2D eigenvalue weighted by atomic mass is 16.4. The van der Waals surface area contributed by atoms with Gasteiger partial charge in [-0.3, -0.25) is 14.8 Å². The third-order valence-electron chi connectivity index (χ3n) is 5.72. The first-order valence-electron chi connectivity index (χ1n) is 8.68. The molecule has 5 nitrogen and oxygen atoms in total. The maximum atomic E-state index is 11.0. The predicted molar refractivity (Wildman–Crippen MR) is 91.3 cm³/mol. The Balaban J connectivity index is 1.32. The Kier molecular flexibility index (Phi) is 3.88. The summed E-state index contributed by atoms with van der Waals surface area (Å²) in [4.78, 5) is 13.5. The standard InChI is InChI=1S/C19H23N3O2/c23-18(24)15-11-19(12-15)6-8-22(9-7-19)13-16-10-17(21-20-16)14-4-2-1-3-5-14/h1-5,10,15H,6-9,11-13H2,(H,20,21)(H,23,24). The summed E-state index contributed by atoms with van der Waals surface area (Å²) < 4.78 is 0. The van der Waals surface area contributed by atoms with Gasteiger partial charge < -0.3 is 5.11 Å². The smallest absolute Gasteiger partial charge is 0.306 e. The molecule has 1 aromatic carbocycles. The molecule has 1 saturated carbocycles. The van der Waals surface area contributed by atoms with E-state index in [1.54, 1.807) is 0 Å². The van der Waals surface area contributed by atoms with E-state index in [1.165, 1.54) is 0 Å². The van der Waals surface area contributed by atoms with Crippen LogP contribution in [0.15, 0.2) is 36.4 Å². The molecule has 0 atom stereocenters. The number of aliphatic carboxylic acids is 1. The molecule has 1 aliphatic heterocycles. The number of H-pyrrole nitrogens is 1. The number of likely N-dealkylation sites (tertiary alicyclic amines) is 1. The molecule has 0 bridgehead atoms. The zero-order valence-corrected chi connectivity index (χ0v) is 13.7. The van der Waals surface area contributed by atoms with Crippen LogP contribution >= 0.6 is 0 Å². The SMILES string of the molecule is O=C(O)C1CC2(CCN(Cc3cc(-c4ccccc4)n[nH]3)CC2)C1. The Bertz CT molecular complexity index is 709. The lowest BCUT2D eigenvalue weighted by molar-refractivity contribution is -0.152. The number of nitrogens with zero attached hydrogens (tertiary/aromatic N) is 2. The second kappa shape index (κ2) is 6.06. The van der Waals surface area contributed by atoms with Gasteiger partial charge in [-0.1, -0.05) is 30.3 Å². The Hall–Kier alpha value is -2.14. The summed E-state index contributed by atoms with van der Waals surface area (Å²) in [6.07, 6.45) is 3.99.